The minimum absolute atomic E-state index is 0.0368. The second-order valence-corrected chi connectivity index (χ2v) is 6.19. The van der Waals surface area contributed by atoms with E-state index < -0.39 is 17.7 Å². The highest BCUT2D eigenvalue weighted by atomic mass is 19.1. The molecular weight excluding hydrogens is 328 g/mol. The molecule has 0 aliphatic heterocycles. The molecule has 3 rings (SSSR count). The summed E-state index contributed by atoms with van der Waals surface area (Å²) in [5.41, 5.74) is 1.33. The maximum absolute atomic E-state index is 13.0. The topological polar surface area (TPSA) is 66.4 Å². The van der Waals surface area contributed by atoms with E-state index in [1.54, 1.807) is 12.1 Å². The number of halogens is 2. The first kappa shape index (κ1) is 17.1. The Labute approximate surface area is 143 Å². The minimum Gasteiger partial charge on any atom is -0.481 e. The van der Waals surface area contributed by atoms with Crippen LogP contribution in [0.2, 0.25) is 0 Å². The average molecular weight is 345 g/mol. The van der Waals surface area contributed by atoms with Gasteiger partial charge in [0, 0.05) is 12.5 Å². The molecule has 4 nitrogen and oxygen atoms in total. The van der Waals surface area contributed by atoms with Gasteiger partial charge in [-0.25, -0.2) is 8.78 Å². The molecule has 25 heavy (non-hydrogen) atoms. The Morgan fingerprint density at radius 1 is 1.04 bits per heavy atom. The van der Waals surface area contributed by atoms with Crippen LogP contribution in [0.25, 0.3) is 0 Å². The van der Waals surface area contributed by atoms with Crippen molar-refractivity contribution in [2.75, 3.05) is 6.54 Å². The van der Waals surface area contributed by atoms with Gasteiger partial charge in [0.05, 0.1) is 5.92 Å². The smallest absolute Gasteiger partial charge is 0.312 e. The summed E-state index contributed by atoms with van der Waals surface area (Å²) in [6.45, 7) is -0.0631. The fourth-order valence-electron chi connectivity index (χ4n) is 2.94. The zero-order valence-electron chi connectivity index (χ0n) is 13.3. The third-order valence-electron chi connectivity index (χ3n) is 4.48. The molecule has 1 aliphatic carbocycles. The summed E-state index contributed by atoms with van der Waals surface area (Å²) in [6, 6.07) is 11.2. The highest BCUT2D eigenvalue weighted by molar-refractivity contribution is 5.84. The third-order valence-corrected chi connectivity index (χ3v) is 4.48. The van der Waals surface area contributed by atoms with Crippen molar-refractivity contribution in [3.8, 4) is 0 Å². The van der Waals surface area contributed by atoms with E-state index in [0.717, 1.165) is 5.56 Å². The maximum Gasteiger partial charge on any atom is 0.312 e. The summed E-state index contributed by atoms with van der Waals surface area (Å²) in [6.07, 6.45) is 0.658. The van der Waals surface area contributed by atoms with Crippen molar-refractivity contribution in [3.05, 3.63) is 71.3 Å². The van der Waals surface area contributed by atoms with Gasteiger partial charge in [-0.3, -0.25) is 9.59 Å². The van der Waals surface area contributed by atoms with Gasteiger partial charge >= 0.3 is 5.97 Å². The van der Waals surface area contributed by atoms with Gasteiger partial charge < -0.3 is 10.4 Å². The van der Waals surface area contributed by atoms with Crippen molar-refractivity contribution in [1.82, 2.24) is 5.32 Å². The Kier molecular flexibility index (Phi) is 4.79. The summed E-state index contributed by atoms with van der Waals surface area (Å²) >= 11 is 0. The van der Waals surface area contributed by atoms with Crippen LogP contribution in [0.1, 0.15) is 29.4 Å². The van der Waals surface area contributed by atoms with Gasteiger partial charge in [0.15, 0.2) is 0 Å². The first-order valence-electron chi connectivity index (χ1n) is 7.97. The third kappa shape index (κ3) is 4.02. The molecule has 1 fully saturated rings. The van der Waals surface area contributed by atoms with Gasteiger partial charge in [-0.15, -0.1) is 0 Å². The zero-order valence-corrected chi connectivity index (χ0v) is 13.3. The van der Waals surface area contributed by atoms with Gasteiger partial charge in [-0.2, -0.15) is 0 Å². The van der Waals surface area contributed by atoms with E-state index in [-0.39, 0.29) is 30.1 Å². The monoisotopic (exact) mass is 345 g/mol. The number of rotatable bonds is 6. The number of amides is 1. The Morgan fingerprint density at radius 2 is 1.60 bits per heavy atom. The van der Waals surface area contributed by atoms with Crippen molar-refractivity contribution < 1.29 is 23.5 Å². The first-order valence-corrected chi connectivity index (χ1v) is 7.97. The number of benzene rings is 2. The molecule has 3 unspecified atom stereocenters. The lowest BCUT2D eigenvalue weighted by Gasteiger charge is -2.14. The van der Waals surface area contributed by atoms with Crippen molar-refractivity contribution in [2.45, 2.75) is 18.3 Å². The Hall–Kier alpha value is -2.76. The van der Waals surface area contributed by atoms with E-state index in [2.05, 4.69) is 5.32 Å². The van der Waals surface area contributed by atoms with Crippen molar-refractivity contribution in [2.24, 2.45) is 5.92 Å². The molecule has 3 atom stereocenters. The fraction of sp³-hybridized carbons (Fsp3) is 0.263. The summed E-state index contributed by atoms with van der Waals surface area (Å²) < 4.78 is 25.9. The summed E-state index contributed by atoms with van der Waals surface area (Å²) in [5.74, 6) is -3.21. The van der Waals surface area contributed by atoms with E-state index in [1.165, 1.54) is 36.4 Å². The number of carbonyl (C=O) groups excluding carboxylic acids is 1. The Balaban J connectivity index is 1.58. The van der Waals surface area contributed by atoms with E-state index in [1.807, 2.05) is 0 Å². The van der Waals surface area contributed by atoms with E-state index in [0.29, 0.717) is 12.0 Å². The van der Waals surface area contributed by atoms with Crippen molar-refractivity contribution in [3.63, 3.8) is 0 Å². The quantitative estimate of drug-likeness (QED) is 0.846. The standard InChI is InChI=1S/C19H17F2NO3/c20-13-5-1-11(2-6-13)15-9-16(15)18(23)22-10-17(19(24)25)12-3-7-14(21)8-4-12/h1-8,15-17H,9-10H2,(H,22,23)(H,24,25). The van der Waals surface area contributed by atoms with Crippen LogP contribution in [-0.4, -0.2) is 23.5 Å². The van der Waals surface area contributed by atoms with E-state index in [4.69, 9.17) is 0 Å². The normalized spacial score (nSPS) is 19.9. The average Bonchev–Trinajstić information content (AvgIpc) is 3.37. The van der Waals surface area contributed by atoms with Crippen LogP contribution in [0.3, 0.4) is 0 Å². The minimum atomic E-state index is -1.09. The largest absolute Gasteiger partial charge is 0.481 e. The molecule has 2 aromatic carbocycles. The molecule has 6 heteroatoms. The number of aliphatic carboxylic acids is 1. The number of carbonyl (C=O) groups is 2. The molecule has 1 amide bonds. The SMILES string of the molecule is O=C(O)C(CNC(=O)C1CC1c1ccc(F)cc1)c1ccc(F)cc1. The molecule has 0 heterocycles. The summed E-state index contributed by atoms with van der Waals surface area (Å²) in [5, 5.41) is 12.0. The second kappa shape index (κ2) is 7.01. The van der Waals surface area contributed by atoms with Crippen LogP contribution in [0.5, 0.6) is 0 Å². The number of hydrogen-bond acceptors (Lipinski definition) is 2. The first-order chi connectivity index (χ1) is 12.0. The number of nitrogens with one attached hydrogen (secondary N) is 1. The molecule has 0 aromatic heterocycles. The lowest BCUT2D eigenvalue weighted by Crippen LogP contribution is -2.33. The molecule has 130 valence electrons. The van der Waals surface area contributed by atoms with Gasteiger partial charge in [0.25, 0.3) is 0 Å². The summed E-state index contributed by atoms with van der Waals surface area (Å²) in [7, 11) is 0. The van der Waals surface area contributed by atoms with E-state index >= 15 is 0 Å². The van der Waals surface area contributed by atoms with Crippen LogP contribution in [0, 0.1) is 17.6 Å². The molecule has 1 aliphatic rings. The van der Waals surface area contributed by atoms with Gasteiger partial charge in [-0.1, -0.05) is 24.3 Å². The molecule has 0 saturated heterocycles. The van der Waals surface area contributed by atoms with Gasteiger partial charge in [0.1, 0.15) is 11.6 Å². The van der Waals surface area contributed by atoms with Crippen LogP contribution in [0.4, 0.5) is 8.78 Å². The molecule has 2 aromatic rings. The second-order valence-electron chi connectivity index (χ2n) is 6.19. The van der Waals surface area contributed by atoms with Crippen LogP contribution >= 0.6 is 0 Å². The number of hydrogen-bond donors (Lipinski definition) is 2. The number of carboxylic acids is 1. The molecule has 0 radical (unpaired) electrons. The Bertz CT molecular complexity index is 774. The van der Waals surface area contributed by atoms with Crippen LogP contribution < -0.4 is 5.32 Å². The maximum atomic E-state index is 13.0. The van der Waals surface area contributed by atoms with Crippen LogP contribution in [0.15, 0.2) is 48.5 Å². The zero-order chi connectivity index (χ0) is 18.0. The lowest BCUT2D eigenvalue weighted by atomic mass is 9.99. The molecule has 2 N–H and O–H groups in total. The van der Waals surface area contributed by atoms with Crippen molar-refractivity contribution >= 4 is 11.9 Å². The fourth-order valence-corrected chi connectivity index (χ4v) is 2.94. The van der Waals surface area contributed by atoms with Crippen molar-refractivity contribution in [1.29, 1.82) is 0 Å². The van der Waals surface area contributed by atoms with Crippen LogP contribution in [-0.2, 0) is 9.59 Å². The van der Waals surface area contributed by atoms with E-state index in [9.17, 15) is 23.5 Å². The summed E-state index contributed by atoms with van der Waals surface area (Å²) in [4.78, 5) is 23.7. The molecule has 1 saturated carbocycles. The highest BCUT2D eigenvalue weighted by Crippen LogP contribution is 2.47. The lowest BCUT2D eigenvalue weighted by molar-refractivity contribution is -0.138. The number of carboxylic acid groups (broad SMARTS) is 1. The predicted octanol–water partition coefficient (Wildman–Crippen LogP) is 3.05. The Morgan fingerprint density at radius 3 is 2.16 bits per heavy atom. The molecule has 0 bridgehead atoms. The molecular formula is C19H17F2NO3. The molecule has 0 spiro atoms. The van der Waals surface area contributed by atoms with Gasteiger partial charge in [-0.05, 0) is 47.7 Å². The highest BCUT2D eigenvalue weighted by Gasteiger charge is 2.44. The predicted molar refractivity (Wildman–Crippen MR) is 87.0 cm³/mol. The van der Waals surface area contributed by atoms with Gasteiger partial charge in [0.2, 0.25) is 5.91 Å².